The van der Waals surface area contributed by atoms with E-state index in [1.54, 1.807) is 30.3 Å². The van der Waals surface area contributed by atoms with E-state index in [0.717, 1.165) is 11.1 Å². The van der Waals surface area contributed by atoms with E-state index in [0.29, 0.717) is 5.56 Å². The Labute approximate surface area is 208 Å². The van der Waals surface area contributed by atoms with E-state index < -0.39 is 43.2 Å². The Morgan fingerprint density at radius 2 is 1.39 bits per heavy atom. The number of rotatable bonds is 10. The summed E-state index contributed by atoms with van der Waals surface area (Å²) in [4.78, 5) is 15.7. The van der Waals surface area contributed by atoms with E-state index in [4.69, 9.17) is 18.9 Å². The standard InChI is InChI=1S/C27H27N3O6/c28-30-29-23-25(34-18-20-12-6-2-7-13-20)24(33-17-19-10-4-1-5-11-19)22(16-31)35-27(23)36-26(32)21-14-8-3-9-15-21/h1-15,22-25,27,31H,16-18H2/t22-,23-,24-,25+,27+/m1/s1. The molecule has 186 valence electrons. The fourth-order valence-corrected chi connectivity index (χ4v) is 3.99. The molecule has 1 heterocycles. The van der Waals surface area contributed by atoms with Crippen LogP contribution in [0.2, 0.25) is 0 Å². The maximum Gasteiger partial charge on any atom is 0.340 e. The number of esters is 1. The molecule has 0 amide bonds. The molecule has 0 saturated carbocycles. The van der Waals surface area contributed by atoms with Gasteiger partial charge in [0.25, 0.3) is 0 Å². The van der Waals surface area contributed by atoms with Gasteiger partial charge >= 0.3 is 5.97 Å². The minimum atomic E-state index is -1.29. The van der Waals surface area contributed by atoms with Crippen LogP contribution >= 0.6 is 0 Å². The highest BCUT2D eigenvalue weighted by atomic mass is 16.7. The normalized spacial score (nSPS) is 23.4. The number of hydrogen-bond donors (Lipinski definition) is 1. The van der Waals surface area contributed by atoms with Gasteiger partial charge in [-0.1, -0.05) is 84.0 Å². The van der Waals surface area contributed by atoms with E-state index in [9.17, 15) is 15.4 Å². The minimum Gasteiger partial charge on any atom is -0.432 e. The van der Waals surface area contributed by atoms with E-state index in [-0.39, 0.29) is 13.2 Å². The van der Waals surface area contributed by atoms with Crippen molar-refractivity contribution in [3.05, 3.63) is 118 Å². The molecule has 1 aliphatic heterocycles. The summed E-state index contributed by atoms with van der Waals surface area (Å²) >= 11 is 0. The number of ether oxygens (including phenoxy) is 4. The second-order valence-corrected chi connectivity index (χ2v) is 8.21. The molecule has 0 unspecified atom stereocenters. The van der Waals surface area contributed by atoms with Crippen molar-refractivity contribution in [3.8, 4) is 0 Å². The van der Waals surface area contributed by atoms with Gasteiger partial charge in [0.2, 0.25) is 6.29 Å². The fourth-order valence-electron chi connectivity index (χ4n) is 3.99. The maximum atomic E-state index is 12.8. The van der Waals surface area contributed by atoms with Gasteiger partial charge in [0, 0.05) is 4.91 Å². The van der Waals surface area contributed by atoms with E-state index in [1.165, 1.54) is 0 Å². The molecule has 0 spiro atoms. The quantitative estimate of drug-likeness (QED) is 0.195. The number of nitrogens with zero attached hydrogens (tertiary/aromatic N) is 3. The molecular formula is C27H27N3O6. The van der Waals surface area contributed by atoms with Crippen LogP contribution in [-0.2, 0) is 32.2 Å². The zero-order valence-electron chi connectivity index (χ0n) is 19.5. The number of aliphatic hydroxyl groups excluding tert-OH is 1. The Balaban J connectivity index is 1.60. The number of carbonyl (C=O) groups is 1. The predicted octanol–water partition coefficient (Wildman–Crippen LogP) is 4.41. The summed E-state index contributed by atoms with van der Waals surface area (Å²) in [6.07, 6.45) is -3.86. The molecular weight excluding hydrogens is 462 g/mol. The number of carbonyl (C=O) groups excluding carboxylic acids is 1. The lowest BCUT2D eigenvalue weighted by Gasteiger charge is -2.43. The molecule has 3 aromatic rings. The third kappa shape index (κ3) is 6.48. The summed E-state index contributed by atoms with van der Waals surface area (Å²) in [5, 5.41) is 14.0. The Morgan fingerprint density at radius 1 is 0.861 bits per heavy atom. The molecule has 1 saturated heterocycles. The van der Waals surface area contributed by atoms with Gasteiger partial charge in [0.05, 0.1) is 25.4 Å². The van der Waals surface area contributed by atoms with Crippen molar-refractivity contribution >= 4 is 5.97 Å². The Kier molecular flexibility index (Phi) is 9.04. The van der Waals surface area contributed by atoms with Crippen molar-refractivity contribution < 1.29 is 28.8 Å². The highest BCUT2D eigenvalue weighted by Gasteiger charge is 2.49. The van der Waals surface area contributed by atoms with E-state index >= 15 is 0 Å². The van der Waals surface area contributed by atoms with Crippen LogP contribution in [0.3, 0.4) is 0 Å². The van der Waals surface area contributed by atoms with Crippen molar-refractivity contribution in [1.29, 1.82) is 0 Å². The summed E-state index contributed by atoms with van der Waals surface area (Å²) in [6, 6.07) is 26.3. The molecule has 0 aromatic heterocycles. The minimum absolute atomic E-state index is 0.186. The molecule has 1 fully saturated rings. The smallest absolute Gasteiger partial charge is 0.340 e. The first-order valence-corrected chi connectivity index (χ1v) is 11.6. The first kappa shape index (κ1) is 25.4. The largest absolute Gasteiger partial charge is 0.432 e. The number of aliphatic hydroxyl groups is 1. The molecule has 1 aliphatic rings. The molecule has 36 heavy (non-hydrogen) atoms. The van der Waals surface area contributed by atoms with E-state index in [2.05, 4.69) is 10.0 Å². The van der Waals surface area contributed by atoms with Crippen molar-refractivity contribution in [2.75, 3.05) is 6.61 Å². The highest BCUT2D eigenvalue weighted by Crippen LogP contribution is 2.31. The van der Waals surface area contributed by atoms with Crippen LogP contribution in [0.5, 0.6) is 0 Å². The zero-order chi connectivity index (χ0) is 25.2. The monoisotopic (exact) mass is 489 g/mol. The van der Waals surface area contributed by atoms with Crippen LogP contribution in [-0.4, -0.2) is 48.3 Å². The van der Waals surface area contributed by atoms with Crippen LogP contribution in [0.4, 0.5) is 0 Å². The molecule has 0 aliphatic carbocycles. The van der Waals surface area contributed by atoms with Crippen LogP contribution in [0.25, 0.3) is 10.4 Å². The van der Waals surface area contributed by atoms with Crippen molar-refractivity contribution in [3.63, 3.8) is 0 Å². The first-order chi connectivity index (χ1) is 17.7. The van der Waals surface area contributed by atoms with Crippen LogP contribution in [0.15, 0.2) is 96.1 Å². The van der Waals surface area contributed by atoms with Crippen molar-refractivity contribution in [1.82, 2.24) is 0 Å². The zero-order valence-corrected chi connectivity index (χ0v) is 19.5. The van der Waals surface area contributed by atoms with Gasteiger partial charge in [0.1, 0.15) is 24.4 Å². The van der Waals surface area contributed by atoms with Gasteiger partial charge in [-0.25, -0.2) is 4.79 Å². The summed E-state index contributed by atoms with van der Waals surface area (Å²) in [6.45, 7) is -0.0211. The molecule has 5 atom stereocenters. The molecule has 9 nitrogen and oxygen atoms in total. The van der Waals surface area contributed by atoms with E-state index in [1.807, 2.05) is 60.7 Å². The number of hydrogen-bond acceptors (Lipinski definition) is 7. The average molecular weight is 490 g/mol. The molecule has 1 N–H and O–H groups in total. The third-order valence-corrected chi connectivity index (χ3v) is 5.78. The summed E-state index contributed by atoms with van der Waals surface area (Å²) in [5.74, 6) is -0.652. The second-order valence-electron chi connectivity index (χ2n) is 8.21. The SMILES string of the molecule is [N-]=[N+]=N[C@H]1[C@H](OC(=O)c2ccccc2)O[C@H](CO)[C@@H](OCc2ccccc2)[C@H]1OCc1ccccc1. The molecule has 0 radical (unpaired) electrons. The Morgan fingerprint density at radius 3 is 1.92 bits per heavy atom. The van der Waals surface area contributed by atoms with Crippen molar-refractivity contribution in [2.24, 2.45) is 5.11 Å². The Hall–Kier alpha value is -3.72. The predicted molar refractivity (Wildman–Crippen MR) is 131 cm³/mol. The highest BCUT2D eigenvalue weighted by molar-refractivity contribution is 5.89. The lowest BCUT2D eigenvalue weighted by atomic mass is 9.96. The lowest BCUT2D eigenvalue weighted by Crippen LogP contribution is -2.60. The van der Waals surface area contributed by atoms with Crippen LogP contribution < -0.4 is 0 Å². The molecule has 3 aromatic carbocycles. The van der Waals surface area contributed by atoms with Gasteiger partial charge in [-0.05, 0) is 28.8 Å². The molecule has 9 heteroatoms. The summed E-state index contributed by atoms with van der Waals surface area (Å²) in [7, 11) is 0. The third-order valence-electron chi connectivity index (χ3n) is 5.78. The summed E-state index contributed by atoms with van der Waals surface area (Å²) < 4.78 is 23.9. The second kappa shape index (κ2) is 12.8. The Bertz CT molecular complexity index is 1140. The van der Waals surface area contributed by atoms with Crippen LogP contribution in [0.1, 0.15) is 21.5 Å². The average Bonchev–Trinajstić information content (AvgIpc) is 2.93. The van der Waals surface area contributed by atoms with Gasteiger partial charge in [-0.15, -0.1) is 0 Å². The molecule has 4 rings (SSSR count). The maximum absolute atomic E-state index is 12.8. The van der Waals surface area contributed by atoms with Gasteiger partial charge in [0.15, 0.2) is 0 Å². The fraction of sp³-hybridized carbons (Fsp3) is 0.296. The number of benzene rings is 3. The number of azide groups is 1. The first-order valence-electron chi connectivity index (χ1n) is 11.6. The molecule has 0 bridgehead atoms. The lowest BCUT2D eigenvalue weighted by molar-refractivity contribution is -0.269. The van der Waals surface area contributed by atoms with Gasteiger partial charge in [-0.3, -0.25) is 0 Å². The van der Waals surface area contributed by atoms with Crippen molar-refractivity contribution in [2.45, 2.75) is 43.9 Å². The van der Waals surface area contributed by atoms with Gasteiger partial charge < -0.3 is 24.1 Å². The summed E-state index contributed by atoms with van der Waals surface area (Å²) in [5.41, 5.74) is 11.4. The van der Waals surface area contributed by atoms with Crippen LogP contribution in [0, 0.1) is 0 Å². The topological polar surface area (TPSA) is 123 Å². The van der Waals surface area contributed by atoms with Gasteiger partial charge in [-0.2, -0.15) is 0 Å².